The zero-order valence-corrected chi connectivity index (χ0v) is 14.3. The Morgan fingerprint density at radius 2 is 2.44 bits per heavy atom. The molecular formula is C15H17ClFN5O3. The van der Waals surface area contributed by atoms with Crippen molar-refractivity contribution in [2.24, 2.45) is 15.0 Å². The molecule has 0 aromatic carbocycles. The Morgan fingerprint density at radius 3 is 3.08 bits per heavy atom. The number of amides is 1. The van der Waals surface area contributed by atoms with Crippen molar-refractivity contribution < 1.29 is 18.7 Å². The predicted octanol–water partition coefficient (Wildman–Crippen LogP) is 0.954. The summed E-state index contributed by atoms with van der Waals surface area (Å²) in [6, 6.07) is 0. The number of hydrogen-bond donors (Lipinski definition) is 1. The number of carbonyl (C=O) groups excluding carboxylic acids is 1. The van der Waals surface area contributed by atoms with Gasteiger partial charge >= 0.3 is 0 Å². The summed E-state index contributed by atoms with van der Waals surface area (Å²) in [5, 5.41) is 2.56. The molecule has 1 N–H and O–H groups in total. The molecule has 1 atom stereocenters. The topological polar surface area (TPSA) is 87.9 Å². The predicted molar refractivity (Wildman–Crippen MR) is 91.4 cm³/mol. The maximum Gasteiger partial charge on any atom is 0.223 e. The lowest BCUT2D eigenvalue weighted by molar-refractivity contribution is -0.144. The molecule has 10 heteroatoms. The Morgan fingerprint density at radius 1 is 1.68 bits per heavy atom. The molecule has 3 aliphatic rings. The fourth-order valence-corrected chi connectivity index (χ4v) is 3.11. The second kappa shape index (κ2) is 7.03. The van der Waals surface area contributed by atoms with Crippen molar-refractivity contribution >= 4 is 36.2 Å². The van der Waals surface area contributed by atoms with E-state index in [0.29, 0.717) is 31.0 Å². The van der Waals surface area contributed by atoms with Gasteiger partial charge in [0.25, 0.3) is 0 Å². The number of hydrogen-bond acceptors (Lipinski definition) is 7. The van der Waals surface area contributed by atoms with Gasteiger partial charge in [-0.05, 0) is 6.72 Å². The van der Waals surface area contributed by atoms with Crippen LogP contribution in [0.25, 0.3) is 0 Å². The lowest BCUT2D eigenvalue weighted by Gasteiger charge is -2.48. The molecule has 0 aliphatic carbocycles. The van der Waals surface area contributed by atoms with Gasteiger partial charge in [-0.2, -0.15) is 0 Å². The third kappa shape index (κ3) is 3.35. The molecule has 25 heavy (non-hydrogen) atoms. The largest absolute Gasteiger partial charge is 0.363 e. The van der Waals surface area contributed by atoms with Crippen LogP contribution in [-0.2, 0) is 14.3 Å². The summed E-state index contributed by atoms with van der Waals surface area (Å²) < 4.78 is 24.9. The molecule has 2 saturated heterocycles. The highest BCUT2D eigenvalue weighted by Gasteiger charge is 2.47. The van der Waals surface area contributed by atoms with E-state index >= 15 is 0 Å². The molecule has 2 fully saturated rings. The summed E-state index contributed by atoms with van der Waals surface area (Å²) >= 11 is 5.76. The maximum atomic E-state index is 14.4. The zero-order chi connectivity index (χ0) is 18.0. The summed E-state index contributed by atoms with van der Waals surface area (Å²) in [4.78, 5) is 25.0. The van der Waals surface area contributed by atoms with E-state index < -0.39 is 11.4 Å². The van der Waals surface area contributed by atoms with E-state index in [9.17, 15) is 9.18 Å². The van der Waals surface area contributed by atoms with Crippen LogP contribution in [-0.4, -0.2) is 68.7 Å². The van der Waals surface area contributed by atoms with Crippen molar-refractivity contribution in [3.8, 4) is 0 Å². The van der Waals surface area contributed by atoms with Gasteiger partial charge in [0.2, 0.25) is 5.91 Å². The van der Waals surface area contributed by atoms with E-state index in [1.165, 1.54) is 13.3 Å². The summed E-state index contributed by atoms with van der Waals surface area (Å²) in [5.41, 5.74) is -0.158. The number of β-lactam (4-membered cyclic amide) rings is 1. The van der Waals surface area contributed by atoms with Crippen molar-refractivity contribution in [2.75, 3.05) is 33.7 Å². The average Bonchev–Trinajstić information content (AvgIpc) is 2.57. The van der Waals surface area contributed by atoms with E-state index in [-0.39, 0.29) is 30.2 Å². The molecule has 0 aromatic heterocycles. The molecule has 8 nitrogen and oxygen atoms in total. The zero-order valence-electron chi connectivity index (χ0n) is 13.6. The lowest BCUT2D eigenvalue weighted by Crippen LogP contribution is -2.70. The molecular weight excluding hydrogens is 353 g/mol. The number of aliphatic imine (C=N–C) groups is 3. The first-order valence-corrected chi connectivity index (χ1v) is 7.85. The Labute approximate surface area is 148 Å². The minimum absolute atomic E-state index is 0.0125. The van der Waals surface area contributed by atoms with Crippen LogP contribution in [0.2, 0.25) is 0 Å². The van der Waals surface area contributed by atoms with Crippen LogP contribution in [0.15, 0.2) is 37.4 Å². The average molecular weight is 370 g/mol. The highest BCUT2D eigenvalue weighted by Crippen LogP contribution is 2.31. The third-order valence-electron chi connectivity index (χ3n) is 4.02. The molecule has 1 amide bonds. The van der Waals surface area contributed by atoms with Gasteiger partial charge in [0, 0.05) is 19.9 Å². The summed E-state index contributed by atoms with van der Waals surface area (Å²) in [7, 11) is 1.45. The number of nitrogens with one attached hydrogen (secondary N) is 1. The van der Waals surface area contributed by atoms with E-state index in [4.69, 9.17) is 21.1 Å². The third-order valence-corrected chi connectivity index (χ3v) is 4.28. The molecule has 3 aliphatic heterocycles. The van der Waals surface area contributed by atoms with Gasteiger partial charge in [-0.3, -0.25) is 9.79 Å². The molecule has 0 bridgehead atoms. The van der Waals surface area contributed by atoms with Crippen LogP contribution >= 0.6 is 11.6 Å². The number of rotatable bonds is 4. The van der Waals surface area contributed by atoms with Crippen LogP contribution in [0.1, 0.15) is 6.42 Å². The summed E-state index contributed by atoms with van der Waals surface area (Å²) in [6.45, 7) is 4.61. The Balaban J connectivity index is 1.95. The summed E-state index contributed by atoms with van der Waals surface area (Å²) in [5.74, 6) is -0.450. The lowest BCUT2D eigenvalue weighted by atomic mass is 9.86. The normalized spacial score (nSPS) is 29.8. The van der Waals surface area contributed by atoms with E-state index in [1.54, 1.807) is 4.90 Å². The van der Waals surface area contributed by atoms with Gasteiger partial charge < -0.3 is 19.7 Å². The van der Waals surface area contributed by atoms with Crippen molar-refractivity contribution in [2.45, 2.75) is 12.0 Å². The number of ether oxygens (including phenoxy) is 2. The molecule has 0 aromatic rings. The van der Waals surface area contributed by atoms with Crippen LogP contribution in [0.3, 0.4) is 0 Å². The molecule has 3 rings (SSSR count). The van der Waals surface area contributed by atoms with E-state index in [2.05, 4.69) is 27.0 Å². The number of nitrogens with zero attached hydrogens (tertiary/aromatic N) is 4. The molecule has 134 valence electrons. The molecule has 0 radical (unpaired) electrons. The Kier molecular flexibility index (Phi) is 4.98. The highest BCUT2D eigenvalue weighted by molar-refractivity contribution is 6.37. The number of halogens is 2. The number of allylic oxidation sites excluding steroid dienone is 2. The summed E-state index contributed by atoms with van der Waals surface area (Å²) in [6.07, 6.45) is 1.74. The molecule has 1 spiro atoms. The van der Waals surface area contributed by atoms with Crippen molar-refractivity contribution in [1.82, 2.24) is 10.2 Å². The van der Waals surface area contributed by atoms with Gasteiger partial charge in [-0.25, -0.2) is 14.4 Å². The van der Waals surface area contributed by atoms with Crippen molar-refractivity contribution in [3.05, 3.63) is 22.4 Å². The molecule has 0 saturated carbocycles. The molecule has 3 heterocycles. The minimum Gasteiger partial charge on any atom is -0.363 e. The van der Waals surface area contributed by atoms with Crippen LogP contribution in [0.5, 0.6) is 0 Å². The monoisotopic (exact) mass is 369 g/mol. The quantitative estimate of drug-likeness (QED) is 0.454. The van der Waals surface area contributed by atoms with Gasteiger partial charge in [-0.15, -0.1) is 0 Å². The molecule has 1 unspecified atom stereocenters. The second-order valence-corrected chi connectivity index (χ2v) is 6.22. The van der Waals surface area contributed by atoms with Crippen molar-refractivity contribution in [3.63, 3.8) is 0 Å². The van der Waals surface area contributed by atoms with E-state index in [0.717, 1.165) is 0 Å². The highest BCUT2D eigenvalue weighted by atomic mass is 35.5. The number of carbonyl (C=O) groups is 1. The standard InChI is InChI=1S/C15H17ClFN5O3/c1-18-14(22-5-15(6-25-8-22)3-10(23)21-15)9-4-19-13(16)11(17)12(9)20-7-24-2/h4H,1,3,5-8H2,2H3,(H,21,23)/b14-9+,20-12+. The van der Waals surface area contributed by atoms with Gasteiger partial charge in [0.1, 0.15) is 25.0 Å². The smallest absolute Gasteiger partial charge is 0.223 e. The first-order valence-electron chi connectivity index (χ1n) is 7.48. The SMILES string of the molecule is C=N/C(=C1/C=NC(Cl)=C(F)/C1=N/COC)N1COCC2(CC(=O)N2)C1. The van der Waals surface area contributed by atoms with Gasteiger partial charge in [-0.1, -0.05) is 11.6 Å². The second-order valence-electron chi connectivity index (χ2n) is 5.86. The Hall–Kier alpha value is -2.10. The van der Waals surface area contributed by atoms with Gasteiger partial charge in [0.15, 0.2) is 11.0 Å². The first kappa shape index (κ1) is 17.7. The maximum absolute atomic E-state index is 14.4. The van der Waals surface area contributed by atoms with Crippen LogP contribution < -0.4 is 5.32 Å². The Bertz CT molecular complexity index is 723. The fourth-order valence-electron chi connectivity index (χ4n) is 2.97. The minimum atomic E-state index is -0.762. The van der Waals surface area contributed by atoms with Gasteiger partial charge in [0.05, 0.1) is 24.1 Å². The van der Waals surface area contributed by atoms with Crippen LogP contribution in [0, 0.1) is 0 Å². The van der Waals surface area contributed by atoms with Crippen molar-refractivity contribution in [1.29, 1.82) is 0 Å². The fraction of sp³-hybridized carbons (Fsp3) is 0.467. The number of methoxy groups -OCH3 is 1. The first-order chi connectivity index (χ1) is 12.0. The van der Waals surface area contributed by atoms with Crippen LogP contribution in [0.4, 0.5) is 4.39 Å². The van der Waals surface area contributed by atoms with E-state index in [1.807, 2.05) is 0 Å².